The highest BCUT2D eigenvalue weighted by molar-refractivity contribution is 5.79. The van der Waals surface area contributed by atoms with Crippen LogP contribution in [0, 0.1) is 6.92 Å². The molecule has 0 aliphatic heterocycles. The van der Waals surface area contributed by atoms with E-state index >= 15 is 0 Å². The van der Waals surface area contributed by atoms with Crippen molar-refractivity contribution in [1.29, 1.82) is 0 Å². The molecular formula is C20H33NO4. The molecule has 5 nitrogen and oxygen atoms in total. The van der Waals surface area contributed by atoms with Crippen LogP contribution in [0.25, 0.3) is 0 Å². The van der Waals surface area contributed by atoms with E-state index in [1.807, 2.05) is 6.92 Å². The Bertz CT molecular complexity index is 496. The van der Waals surface area contributed by atoms with Gasteiger partial charge in [-0.15, -0.1) is 0 Å². The van der Waals surface area contributed by atoms with Gasteiger partial charge < -0.3 is 9.52 Å². The number of oxazole rings is 1. The van der Waals surface area contributed by atoms with Gasteiger partial charge in [0.05, 0.1) is 12.1 Å². The van der Waals surface area contributed by atoms with E-state index in [1.54, 1.807) is 6.26 Å². The SMILES string of the molecule is Cc1coc(CC(=O)CCCCCCCCCCCCCC(=O)O)n1. The number of aliphatic carboxylic acids is 1. The van der Waals surface area contributed by atoms with Crippen LogP contribution in [0.2, 0.25) is 0 Å². The van der Waals surface area contributed by atoms with Gasteiger partial charge in [0.25, 0.3) is 0 Å². The molecule has 25 heavy (non-hydrogen) atoms. The van der Waals surface area contributed by atoms with Crippen molar-refractivity contribution in [3.8, 4) is 0 Å². The van der Waals surface area contributed by atoms with Gasteiger partial charge in [-0.1, -0.05) is 57.8 Å². The number of rotatable bonds is 16. The third-order valence-electron chi connectivity index (χ3n) is 4.36. The summed E-state index contributed by atoms with van der Waals surface area (Å²) in [5.74, 6) is 0.0598. The van der Waals surface area contributed by atoms with E-state index < -0.39 is 5.97 Å². The fourth-order valence-electron chi connectivity index (χ4n) is 2.93. The molecule has 0 atom stereocenters. The van der Waals surface area contributed by atoms with Gasteiger partial charge in [-0.05, 0) is 19.8 Å². The monoisotopic (exact) mass is 351 g/mol. The first-order valence-electron chi connectivity index (χ1n) is 9.72. The van der Waals surface area contributed by atoms with Crippen molar-refractivity contribution < 1.29 is 19.1 Å². The first-order valence-corrected chi connectivity index (χ1v) is 9.72. The van der Waals surface area contributed by atoms with Crippen molar-refractivity contribution in [2.45, 2.75) is 96.8 Å². The van der Waals surface area contributed by atoms with Gasteiger partial charge in [0.2, 0.25) is 5.89 Å². The van der Waals surface area contributed by atoms with Crippen molar-refractivity contribution in [3.63, 3.8) is 0 Å². The third kappa shape index (κ3) is 12.4. The highest BCUT2D eigenvalue weighted by atomic mass is 16.4. The second kappa shape index (κ2) is 13.6. The second-order valence-corrected chi connectivity index (χ2v) is 6.88. The summed E-state index contributed by atoms with van der Waals surface area (Å²) >= 11 is 0. The molecule has 0 fully saturated rings. The molecule has 1 N–H and O–H groups in total. The molecule has 0 spiro atoms. The number of carbonyl (C=O) groups is 2. The number of carbonyl (C=O) groups excluding carboxylic acids is 1. The number of carboxylic acid groups (broad SMARTS) is 1. The number of Topliss-reactive ketones (excluding diaryl/α,β-unsaturated/α-hetero) is 1. The predicted octanol–water partition coefficient (Wildman–Crippen LogP) is 5.25. The van der Waals surface area contributed by atoms with Gasteiger partial charge in [0, 0.05) is 12.8 Å². The lowest BCUT2D eigenvalue weighted by Gasteiger charge is -2.03. The molecule has 0 radical (unpaired) electrons. The third-order valence-corrected chi connectivity index (χ3v) is 4.36. The lowest BCUT2D eigenvalue weighted by atomic mass is 10.0. The molecule has 1 heterocycles. The van der Waals surface area contributed by atoms with Crippen LogP contribution in [0.5, 0.6) is 0 Å². The maximum absolute atomic E-state index is 11.8. The zero-order chi connectivity index (χ0) is 18.3. The molecule has 0 saturated carbocycles. The normalized spacial score (nSPS) is 10.9. The van der Waals surface area contributed by atoms with E-state index in [0.717, 1.165) is 37.8 Å². The average molecular weight is 351 g/mol. The van der Waals surface area contributed by atoms with E-state index in [2.05, 4.69) is 4.98 Å². The molecular weight excluding hydrogens is 318 g/mol. The number of hydrogen-bond donors (Lipinski definition) is 1. The van der Waals surface area contributed by atoms with Crippen molar-refractivity contribution >= 4 is 11.8 Å². The molecule has 5 heteroatoms. The average Bonchev–Trinajstić information content (AvgIpc) is 2.96. The fraction of sp³-hybridized carbons (Fsp3) is 0.750. The minimum absolute atomic E-state index is 0.213. The molecule has 142 valence electrons. The number of carboxylic acids is 1. The standard InChI is InChI=1S/C20H33NO4/c1-17-16-25-19(21-17)15-18(22)13-11-9-7-5-3-2-4-6-8-10-12-14-20(23)24/h16H,2-15H2,1H3,(H,23,24). The lowest BCUT2D eigenvalue weighted by Crippen LogP contribution is -2.02. The highest BCUT2D eigenvalue weighted by Crippen LogP contribution is 2.13. The molecule has 0 amide bonds. The largest absolute Gasteiger partial charge is 0.481 e. The first kappa shape index (κ1) is 21.4. The van der Waals surface area contributed by atoms with Crippen LogP contribution in [0.15, 0.2) is 10.7 Å². The summed E-state index contributed by atoms with van der Waals surface area (Å²) in [6, 6.07) is 0. The first-order chi connectivity index (χ1) is 12.1. The van der Waals surface area contributed by atoms with Crippen molar-refractivity contribution in [1.82, 2.24) is 4.98 Å². The molecule has 0 aliphatic rings. The van der Waals surface area contributed by atoms with E-state index in [-0.39, 0.29) is 5.78 Å². The van der Waals surface area contributed by atoms with Crippen LogP contribution >= 0.6 is 0 Å². The topological polar surface area (TPSA) is 80.4 Å². The summed E-state index contributed by atoms with van der Waals surface area (Å²) in [5.41, 5.74) is 0.822. The Labute approximate surface area is 151 Å². The minimum atomic E-state index is -0.686. The summed E-state index contributed by atoms with van der Waals surface area (Å²) in [4.78, 5) is 26.3. The Morgan fingerprint density at radius 1 is 0.880 bits per heavy atom. The number of unbranched alkanes of at least 4 members (excludes halogenated alkanes) is 10. The molecule has 0 saturated heterocycles. The Morgan fingerprint density at radius 2 is 1.36 bits per heavy atom. The van der Waals surface area contributed by atoms with Gasteiger partial charge in [0.15, 0.2) is 0 Å². The van der Waals surface area contributed by atoms with Crippen LogP contribution in [-0.2, 0) is 16.0 Å². The van der Waals surface area contributed by atoms with Gasteiger partial charge >= 0.3 is 5.97 Å². The smallest absolute Gasteiger partial charge is 0.303 e. The molecule has 0 aromatic carbocycles. The lowest BCUT2D eigenvalue weighted by molar-refractivity contribution is -0.137. The Morgan fingerprint density at radius 3 is 1.80 bits per heavy atom. The molecule has 0 unspecified atom stereocenters. The fourth-order valence-corrected chi connectivity index (χ4v) is 2.93. The molecule has 1 rings (SSSR count). The molecule has 0 bridgehead atoms. The van der Waals surface area contributed by atoms with Gasteiger partial charge in [0.1, 0.15) is 12.0 Å². The highest BCUT2D eigenvalue weighted by Gasteiger charge is 2.08. The van der Waals surface area contributed by atoms with E-state index in [0.29, 0.717) is 25.2 Å². The molecule has 1 aromatic rings. The van der Waals surface area contributed by atoms with Gasteiger partial charge in [-0.2, -0.15) is 0 Å². The zero-order valence-electron chi connectivity index (χ0n) is 15.6. The van der Waals surface area contributed by atoms with Crippen LogP contribution in [0.4, 0.5) is 0 Å². The summed E-state index contributed by atoms with van der Waals surface area (Å²) in [5, 5.41) is 8.55. The van der Waals surface area contributed by atoms with Crippen molar-refractivity contribution in [2.24, 2.45) is 0 Å². The van der Waals surface area contributed by atoms with Crippen LogP contribution in [0.3, 0.4) is 0 Å². The second-order valence-electron chi connectivity index (χ2n) is 6.88. The van der Waals surface area contributed by atoms with Crippen molar-refractivity contribution in [2.75, 3.05) is 0 Å². The van der Waals surface area contributed by atoms with E-state index in [9.17, 15) is 9.59 Å². The molecule has 0 aliphatic carbocycles. The number of aromatic nitrogens is 1. The van der Waals surface area contributed by atoms with E-state index in [4.69, 9.17) is 9.52 Å². The summed E-state index contributed by atoms with van der Waals surface area (Å²) < 4.78 is 5.20. The van der Waals surface area contributed by atoms with Crippen LogP contribution < -0.4 is 0 Å². The van der Waals surface area contributed by atoms with Crippen LogP contribution in [-0.4, -0.2) is 21.8 Å². The Kier molecular flexibility index (Phi) is 11.7. The molecule has 1 aromatic heterocycles. The number of hydrogen-bond acceptors (Lipinski definition) is 4. The van der Waals surface area contributed by atoms with Gasteiger partial charge in [-0.25, -0.2) is 4.98 Å². The van der Waals surface area contributed by atoms with Crippen LogP contribution in [0.1, 0.15) is 95.1 Å². The predicted molar refractivity (Wildman–Crippen MR) is 97.6 cm³/mol. The number of nitrogens with zero attached hydrogens (tertiary/aromatic N) is 1. The Balaban J connectivity index is 1.81. The van der Waals surface area contributed by atoms with E-state index in [1.165, 1.54) is 38.5 Å². The maximum Gasteiger partial charge on any atom is 0.303 e. The number of ketones is 1. The Hall–Kier alpha value is -1.65. The number of aryl methyl sites for hydroxylation is 1. The quantitative estimate of drug-likeness (QED) is 0.411. The van der Waals surface area contributed by atoms with Crippen molar-refractivity contribution in [3.05, 3.63) is 17.8 Å². The summed E-state index contributed by atoms with van der Waals surface area (Å²) in [7, 11) is 0. The summed E-state index contributed by atoms with van der Waals surface area (Å²) in [6.45, 7) is 1.86. The zero-order valence-corrected chi connectivity index (χ0v) is 15.6. The maximum atomic E-state index is 11.8. The summed E-state index contributed by atoms with van der Waals surface area (Å²) in [6.07, 6.45) is 15.3. The van der Waals surface area contributed by atoms with Gasteiger partial charge in [-0.3, -0.25) is 9.59 Å². The minimum Gasteiger partial charge on any atom is -0.481 e.